The van der Waals surface area contributed by atoms with Gasteiger partial charge < -0.3 is 20.1 Å². The lowest BCUT2D eigenvalue weighted by atomic mass is 9.68. The molecule has 0 aromatic rings. The van der Waals surface area contributed by atoms with E-state index in [0.29, 0.717) is 17.5 Å². The first kappa shape index (κ1) is 18.9. The van der Waals surface area contributed by atoms with E-state index in [9.17, 15) is 0 Å². The van der Waals surface area contributed by atoms with Crippen LogP contribution in [0.3, 0.4) is 0 Å². The van der Waals surface area contributed by atoms with Crippen LogP contribution in [-0.4, -0.2) is 51.1 Å². The molecule has 4 fully saturated rings. The Labute approximate surface area is 153 Å². The lowest BCUT2D eigenvalue weighted by molar-refractivity contribution is -0.0107. The summed E-state index contributed by atoms with van der Waals surface area (Å²) in [5.41, 5.74) is 0.629. The van der Waals surface area contributed by atoms with E-state index < -0.39 is 0 Å². The lowest BCUT2D eigenvalue weighted by Crippen LogP contribution is -2.53. The van der Waals surface area contributed by atoms with Gasteiger partial charge in [-0.05, 0) is 62.7 Å². The molecular formula is C19H35ClN2O2. The first-order valence-electron chi connectivity index (χ1n) is 10.00. The number of rotatable bonds is 3. The van der Waals surface area contributed by atoms with E-state index in [1.807, 2.05) is 0 Å². The van der Waals surface area contributed by atoms with Gasteiger partial charge in [-0.1, -0.05) is 6.42 Å². The van der Waals surface area contributed by atoms with E-state index in [1.165, 1.54) is 57.8 Å². The maximum Gasteiger partial charge on any atom is 0.0623 e. The van der Waals surface area contributed by atoms with Crippen molar-refractivity contribution in [1.82, 2.24) is 10.6 Å². The quantitative estimate of drug-likeness (QED) is 0.814. The predicted molar refractivity (Wildman–Crippen MR) is 98.9 cm³/mol. The van der Waals surface area contributed by atoms with Crippen molar-refractivity contribution < 1.29 is 9.47 Å². The molecule has 4 aliphatic rings. The SMILES string of the molecule is C1CC(NC2CCC3(CCOCC3)CC2)C(C2COCCN2)C1.Cl. The highest BCUT2D eigenvalue weighted by molar-refractivity contribution is 5.85. The van der Waals surface area contributed by atoms with Gasteiger partial charge >= 0.3 is 0 Å². The van der Waals surface area contributed by atoms with Crippen LogP contribution in [0.15, 0.2) is 0 Å². The fraction of sp³-hybridized carbons (Fsp3) is 1.00. The van der Waals surface area contributed by atoms with Gasteiger partial charge in [0.05, 0.1) is 13.2 Å². The zero-order valence-electron chi connectivity index (χ0n) is 14.9. The van der Waals surface area contributed by atoms with E-state index >= 15 is 0 Å². The Balaban J connectivity index is 0.00000169. The molecule has 2 saturated heterocycles. The molecule has 3 unspecified atom stereocenters. The molecule has 0 aromatic carbocycles. The van der Waals surface area contributed by atoms with Gasteiger partial charge in [-0.15, -0.1) is 12.4 Å². The van der Waals surface area contributed by atoms with Crippen LogP contribution < -0.4 is 10.6 Å². The van der Waals surface area contributed by atoms with Crippen molar-refractivity contribution in [3.05, 3.63) is 0 Å². The average Bonchev–Trinajstić information content (AvgIpc) is 3.07. The molecule has 2 aliphatic carbocycles. The fourth-order valence-corrected chi connectivity index (χ4v) is 5.54. The Morgan fingerprint density at radius 2 is 1.67 bits per heavy atom. The summed E-state index contributed by atoms with van der Waals surface area (Å²) in [6.07, 6.45) is 12.3. The molecule has 3 atom stereocenters. The van der Waals surface area contributed by atoms with Crippen LogP contribution in [0, 0.1) is 11.3 Å². The number of hydrogen-bond acceptors (Lipinski definition) is 4. The largest absolute Gasteiger partial charge is 0.381 e. The van der Waals surface area contributed by atoms with Gasteiger partial charge in [0, 0.05) is 37.9 Å². The van der Waals surface area contributed by atoms with Crippen molar-refractivity contribution in [2.24, 2.45) is 11.3 Å². The average molecular weight is 359 g/mol. The van der Waals surface area contributed by atoms with Gasteiger partial charge in [-0.2, -0.15) is 0 Å². The summed E-state index contributed by atoms with van der Waals surface area (Å²) < 4.78 is 11.3. The third kappa shape index (κ3) is 4.27. The Hall–Kier alpha value is 0.130. The minimum Gasteiger partial charge on any atom is -0.381 e. The molecule has 2 N–H and O–H groups in total. The minimum atomic E-state index is 0. The molecule has 1 spiro atoms. The van der Waals surface area contributed by atoms with E-state index in [0.717, 1.165) is 44.9 Å². The maximum atomic E-state index is 5.71. The highest BCUT2D eigenvalue weighted by atomic mass is 35.5. The Morgan fingerprint density at radius 3 is 2.38 bits per heavy atom. The monoisotopic (exact) mass is 358 g/mol. The fourth-order valence-electron chi connectivity index (χ4n) is 5.54. The highest BCUT2D eigenvalue weighted by Gasteiger charge is 2.39. The van der Waals surface area contributed by atoms with Gasteiger partial charge in [0.15, 0.2) is 0 Å². The lowest BCUT2D eigenvalue weighted by Gasteiger charge is -2.44. The molecule has 0 amide bonds. The molecule has 5 heteroatoms. The zero-order valence-corrected chi connectivity index (χ0v) is 15.8. The molecule has 2 heterocycles. The minimum absolute atomic E-state index is 0. The standard InChI is InChI=1S/C19H34N2O2.ClH/c1-2-16(18-14-23-13-10-20-18)17(3-1)21-15-4-6-19(7-5-15)8-11-22-12-9-19;/h15-18,20-21H,1-14H2;1H. The van der Waals surface area contributed by atoms with Gasteiger partial charge in [-0.3, -0.25) is 0 Å². The van der Waals surface area contributed by atoms with Crippen molar-refractivity contribution in [2.75, 3.05) is 33.0 Å². The number of ether oxygens (including phenoxy) is 2. The number of halogens is 1. The van der Waals surface area contributed by atoms with Crippen LogP contribution in [-0.2, 0) is 9.47 Å². The Bertz CT molecular complexity index is 374. The molecule has 0 radical (unpaired) electrons. The van der Waals surface area contributed by atoms with E-state index in [1.54, 1.807) is 0 Å². The van der Waals surface area contributed by atoms with Gasteiger partial charge in [0.25, 0.3) is 0 Å². The molecular weight excluding hydrogens is 324 g/mol. The van der Waals surface area contributed by atoms with Crippen LogP contribution in [0.4, 0.5) is 0 Å². The number of morpholine rings is 1. The summed E-state index contributed by atoms with van der Waals surface area (Å²) in [6, 6.07) is 2.04. The summed E-state index contributed by atoms with van der Waals surface area (Å²) in [6.45, 7) is 4.82. The van der Waals surface area contributed by atoms with Crippen molar-refractivity contribution in [3.63, 3.8) is 0 Å². The summed E-state index contributed by atoms with van der Waals surface area (Å²) in [4.78, 5) is 0. The zero-order chi connectivity index (χ0) is 15.5. The summed E-state index contributed by atoms with van der Waals surface area (Å²) in [5.74, 6) is 0.772. The van der Waals surface area contributed by atoms with Crippen molar-refractivity contribution in [1.29, 1.82) is 0 Å². The van der Waals surface area contributed by atoms with Gasteiger partial charge in [0.2, 0.25) is 0 Å². The Kier molecular flexibility index (Phi) is 6.84. The second kappa shape index (κ2) is 8.68. The summed E-state index contributed by atoms with van der Waals surface area (Å²) >= 11 is 0. The van der Waals surface area contributed by atoms with E-state index in [-0.39, 0.29) is 12.4 Å². The molecule has 0 aromatic heterocycles. The molecule has 24 heavy (non-hydrogen) atoms. The van der Waals surface area contributed by atoms with Crippen LogP contribution in [0.25, 0.3) is 0 Å². The molecule has 140 valence electrons. The predicted octanol–water partition coefficient (Wildman–Crippen LogP) is 2.89. The topological polar surface area (TPSA) is 42.5 Å². The third-order valence-electron chi connectivity index (χ3n) is 7.09. The molecule has 4 rings (SSSR count). The first-order chi connectivity index (χ1) is 11.3. The Morgan fingerprint density at radius 1 is 0.875 bits per heavy atom. The second-order valence-electron chi connectivity index (χ2n) is 8.39. The molecule has 2 saturated carbocycles. The van der Waals surface area contributed by atoms with Crippen LogP contribution >= 0.6 is 12.4 Å². The van der Waals surface area contributed by atoms with E-state index in [4.69, 9.17) is 9.47 Å². The maximum absolute atomic E-state index is 5.71. The normalized spacial score (nSPS) is 37.2. The van der Waals surface area contributed by atoms with Crippen molar-refractivity contribution >= 4 is 12.4 Å². The van der Waals surface area contributed by atoms with E-state index in [2.05, 4.69) is 10.6 Å². The smallest absolute Gasteiger partial charge is 0.0623 e. The molecule has 0 bridgehead atoms. The van der Waals surface area contributed by atoms with Gasteiger partial charge in [-0.25, -0.2) is 0 Å². The van der Waals surface area contributed by atoms with Crippen LogP contribution in [0.2, 0.25) is 0 Å². The third-order valence-corrected chi connectivity index (χ3v) is 7.09. The summed E-state index contributed by atoms with van der Waals surface area (Å²) in [7, 11) is 0. The molecule has 2 aliphatic heterocycles. The highest BCUT2D eigenvalue weighted by Crippen LogP contribution is 2.44. The van der Waals surface area contributed by atoms with Crippen LogP contribution in [0.1, 0.15) is 57.8 Å². The first-order valence-corrected chi connectivity index (χ1v) is 10.00. The number of nitrogens with one attached hydrogen (secondary N) is 2. The van der Waals surface area contributed by atoms with Crippen molar-refractivity contribution in [2.45, 2.75) is 75.9 Å². The second-order valence-corrected chi connectivity index (χ2v) is 8.39. The van der Waals surface area contributed by atoms with Crippen LogP contribution in [0.5, 0.6) is 0 Å². The molecule has 4 nitrogen and oxygen atoms in total. The van der Waals surface area contributed by atoms with Crippen molar-refractivity contribution in [3.8, 4) is 0 Å². The van der Waals surface area contributed by atoms with Gasteiger partial charge in [0.1, 0.15) is 0 Å². The summed E-state index contributed by atoms with van der Waals surface area (Å²) in [5, 5.41) is 7.76. The number of hydrogen-bond donors (Lipinski definition) is 2.